The van der Waals surface area contributed by atoms with E-state index in [0.717, 1.165) is 0 Å². The van der Waals surface area contributed by atoms with E-state index in [0.29, 0.717) is 0 Å². The molecule has 0 radical (unpaired) electrons. The first-order valence-electron chi connectivity index (χ1n) is 10.8. The normalized spacial score (nSPS) is 20.3. The standard InChI is InChI=1S/C27H28BN/c1-25(2)16-9-7-11-18-22(16)29-23-17(25)10-8-12-19(23)27(5,6)21-14-15(28)13-20(24(21)29)26(18,3)4/h7-14H,28H2,1-6H3. The molecule has 0 aliphatic carbocycles. The lowest BCUT2D eigenvalue weighted by molar-refractivity contribution is 0.567. The fourth-order valence-corrected chi connectivity index (χ4v) is 6.33. The van der Waals surface area contributed by atoms with Crippen molar-refractivity contribution in [1.82, 2.24) is 0 Å². The van der Waals surface area contributed by atoms with Gasteiger partial charge in [0, 0.05) is 16.2 Å². The van der Waals surface area contributed by atoms with Crippen LogP contribution in [0.1, 0.15) is 74.9 Å². The molecule has 2 heteroatoms. The zero-order valence-electron chi connectivity index (χ0n) is 18.6. The van der Waals surface area contributed by atoms with Gasteiger partial charge in [-0.15, -0.1) is 0 Å². The van der Waals surface area contributed by atoms with Gasteiger partial charge in [0.05, 0.1) is 17.1 Å². The fraction of sp³-hybridized carbons (Fsp3) is 0.333. The van der Waals surface area contributed by atoms with Gasteiger partial charge in [-0.3, -0.25) is 0 Å². The molecule has 0 aromatic heterocycles. The first kappa shape index (κ1) is 17.4. The van der Waals surface area contributed by atoms with Gasteiger partial charge >= 0.3 is 0 Å². The van der Waals surface area contributed by atoms with Crippen LogP contribution < -0.4 is 10.4 Å². The molecule has 3 aliphatic heterocycles. The fourth-order valence-electron chi connectivity index (χ4n) is 6.33. The lowest BCUT2D eigenvalue weighted by Crippen LogP contribution is -2.44. The summed E-state index contributed by atoms with van der Waals surface area (Å²) in [6.45, 7) is 14.4. The molecule has 29 heavy (non-hydrogen) atoms. The average Bonchev–Trinajstić information content (AvgIpc) is 2.66. The molecule has 0 unspecified atom stereocenters. The second-order valence-corrected chi connectivity index (χ2v) is 10.8. The maximum atomic E-state index is 2.63. The van der Waals surface area contributed by atoms with Gasteiger partial charge in [-0.05, 0) is 33.4 Å². The SMILES string of the molecule is Bc1cc2c3c(c1)C(C)(C)c1cccc4c1N3c1c(cccc1C2(C)C)C4(C)C. The Morgan fingerprint density at radius 1 is 0.552 bits per heavy atom. The van der Waals surface area contributed by atoms with Crippen molar-refractivity contribution in [3.05, 3.63) is 81.9 Å². The van der Waals surface area contributed by atoms with Crippen LogP contribution in [0.25, 0.3) is 0 Å². The number of hydrogen-bond donors (Lipinski definition) is 0. The van der Waals surface area contributed by atoms with E-state index in [9.17, 15) is 0 Å². The average molecular weight is 377 g/mol. The minimum atomic E-state index is -0.0199. The summed E-state index contributed by atoms with van der Waals surface area (Å²) in [7, 11) is 2.25. The number of para-hydroxylation sites is 2. The third kappa shape index (κ3) is 1.76. The maximum absolute atomic E-state index is 2.63. The maximum Gasteiger partial charge on any atom is 0.139 e. The predicted molar refractivity (Wildman–Crippen MR) is 126 cm³/mol. The molecular formula is C27H28BN. The van der Waals surface area contributed by atoms with Gasteiger partial charge in [0.2, 0.25) is 0 Å². The van der Waals surface area contributed by atoms with Crippen LogP contribution in [0.4, 0.5) is 17.1 Å². The molecule has 0 spiro atoms. The van der Waals surface area contributed by atoms with Crippen LogP contribution in [0, 0.1) is 0 Å². The van der Waals surface area contributed by atoms with Crippen LogP contribution in [0.2, 0.25) is 0 Å². The Morgan fingerprint density at radius 2 is 0.862 bits per heavy atom. The van der Waals surface area contributed by atoms with Gasteiger partial charge in [0.25, 0.3) is 0 Å². The second kappa shape index (κ2) is 4.81. The highest BCUT2D eigenvalue weighted by Gasteiger charge is 2.51. The van der Waals surface area contributed by atoms with Gasteiger partial charge in [0.15, 0.2) is 0 Å². The highest BCUT2D eigenvalue weighted by molar-refractivity contribution is 6.32. The van der Waals surface area contributed by atoms with Gasteiger partial charge < -0.3 is 4.90 Å². The molecule has 0 fully saturated rings. The molecule has 3 aromatic carbocycles. The first-order chi connectivity index (χ1) is 13.6. The minimum Gasteiger partial charge on any atom is -0.309 e. The molecule has 3 heterocycles. The summed E-state index contributed by atoms with van der Waals surface area (Å²) < 4.78 is 0. The minimum absolute atomic E-state index is 0.0148. The molecule has 3 aromatic rings. The Hall–Kier alpha value is -2.48. The van der Waals surface area contributed by atoms with E-state index >= 15 is 0 Å². The first-order valence-corrected chi connectivity index (χ1v) is 10.8. The molecule has 0 amide bonds. The van der Waals surface area contributed by atoms with E-state index in [1.54, 1.807) is 0 Å². The summed E-state index contributed by atoms with van der Waals surface area (Å²) >= 11 is 0. The number of nitrogens with zero attached hydrogens (tertiary/aromatic N) is 1. The van der Waals surface area contributed by atoms with Crippen molar-refractivity contribution in [2.24, 2.45) is 0 Å². The van der Waals surface area contributed by atoms with E-state index < -0.39 is 0 Å². The zero-order chi connectivity index (χ0) is 20.5. The Morgan fingerprint density at radius 3 is 1.24 bits per heavy atom. The van der Waals surface area contributed by atoms with E-state index in [1.807, 2.05) is 0 Å². The Kier molecular flexibility index (Phi) is 2.88. The van der Waals surface area contributed by atoms with Crippen LogP contribution in [0.3, 0.4) is 0 Å². The lowest BCUT2D eigenvalue weighted by atomic mass is 9.60. The summed E-state index contributed by atoms with van der Waals surface area (Å²) in [5, 5.41) is 0. The molecule has 6 rings (SSSR count). The molecule has 0 N–H and O–H groups in total. The van der Waals surface area contributed by atoms with E-state index in [2.05, 4.69) is 103 Å². The third-order valence-corrected chi connectivity index (χ3v) is 8.04. The van der Waals surface area contributed by atoms with Crippen molar-refractivity contribution in [3.8, 4) is 0 Å². The number of anilines is 3. The van der Waals surface area contributed by atoms with Crippen LogP contribution in [0.5, 0.6) is 0 Å². The zero-order valence-corrected chi connectivity index (χ0v) is 18.6. The van der Waals surface area contributed by atoms with Crippen molar-refractivity contribution < 1.29 is 0 Å². The predicted octanol–water partition coefficient (Wildman–Crippen LogP) is 5.33. The molecule has 0 saturated carbocycles. The topological polar surface area (TPSA) is 3.24 Å². The highest BCUT2D eigenvalue weighted by Crippen LogP contribution is 2.65. The van der Waals surface area contributed by atoms with Crippen LogP contribution in [0.15, 0.2) is 48.5 Å². The third-order valence-electron chi connectivity index (χ3n) is 8.04. The van der Waals surface area contributed by atoms with E-state index in [1.165, 1.54) is 55.9 Å². The van der Waals surface area contributed by atoms with Gasteiger partial charge in [0.1, 0.15) is 7.85 Å². The van der Waals surface area contributed by atoms with Crippen LogP contribution >= 0.6 is 0 Å². The summed E-state index contributed by atoms with van der Waals surface area (Å²) in [5.74, 6) is 0. The van der Waals surface area contributed by atoms with Gasteiger partial charge in [-0.25, -0.2) is 0 Å². The monoisotopic (exact) mass is 377 g/mol. The van der Waals surface area contributed by atoms with E-state index in [-0.39, 0.29) is 16.2 Å². The largest absolute Gasteiger partial charge is 0.309 e. The molecule has 144 valence electrons. The summed E-state index contributed by atoms with van der Waals surface area (Å²) in [6, 6.07) is 18.8. The Bertz CT molecular complexity index is 1150. The van der Waals surface area contributed by atoms with E-state index in [4.69, 9.17) is 0 Å². The molecular weight excluding hydrogens is 349 g/mol. The highest BCUT2D eigenvalue weighted by atomic mass is 15.2. The van der Waals surface area contributed by atoms with Crippen molar-refractivity contribution in [3.63, 3.8) is 0 Å². The number of benzene rings is 3. The van der Waals surface area contributed by atoms with Crippen LogP contribution in [-0.2, 0) is 16.2 Å². The molecule has 3 aliphatic rings. The van der Waals surface area contributed by atoms with Crippen molar-refractivity contribution in [2.75, 3.05) is 4.90 Å². The lowest BCUT2D eigenvalue weighted by Gasteiger charge is -2.55. The Labute approximate surface area is 175 Å². The summed E-state index contributed by atoms with van der Waals surface area (Å²) in [6.07, 6.45) is 0. The Balaban J connectivity index is 1.90. The summed E-state index contributed by atoms with van der Waals surface area (Å²) in [4.78, 5) is 2.63. The molecule has 1 nitrogen and oxygen atoms in total. The van der Waals surface area contributed by atoms with Gasteiger partial charge in [-0.2, -0.15) is 0 Å². The smallest absolute Gasteiger partial charge is 0.139 e. The molecule has 0 atom stereocenters. The van der Waals surface area contributed by atoms with Crippen molar-refractivity contribution in [1.29, 1.82) is 0 Å². The van der Waals surface area contributed by atoms with Crippen molar-refractivity contribution in [2.45, 2.75) is 57.8 Å². The number of hydrogen-bond acceptors (Lipinski definition) is 1. The quantitative estimate of drug-likeness (QED) is 0.479. The summed E-state index contributed by atoms with van der Waals surface area (Å²) in [5.41, 5.74) is 14.3. The van der Waals surface area contributed by atoms with Gasteiger partial charge in [-0.1, -0.05) is 95.5 Å². The molecule has 0 bridgehead atoms. The second-order valence-electron chi connectivity index (χ2n) is 10.8. The van der Waals surface area contributed by atoms with Crippen molar-refractivity contribution >= 4 is 30.4 Å². The van der Waals surface area contributed by atoms with Crippen LogP contribution in [-0.4, -0.2) is 7.85 Å². The molecule has 0 saturated heterocycles. The number of rotatable bonds is 0.